The van der Waals surface area contributed by atoms with E-state index < -0.39 is 5.44 Å². The number of aliphatic hydroxyl groups is 1. The molecule has 0 aliphatic carbocycles. The predicted molar refractivity (Wildman–Crippen MR) is 53.5 cm³/mol. The molecule has 14 heavy (non-hydrogen) atoms. The molecule has 1 aliphatic rings. The summed E-state index contributed by atoms with van der Waals surface area (Å²) >= 11 is 1.30. The van der Waals surface area contributed by atoms with Gasteiger partial charge in [0.2, 0.25) is 6.79 Å². The van der Waals surface area contributed by atoms with Crippen molar-refractivity contribution in [3.8, 4) is 11.5 Å². The third-order valence-electron chi connectivity index (χ3n) is 1.82. The van der Waals surface area contributed by atoms with E-state index in [-0.39, 0.29) is 13.3 Å². The van der Waals surface area contributed by atoms with Gasteiger partial charge in [0.25, 0.3) is 0 Å². The van der Waals surface area contributed by atoms with Gasteiger partial charge in [0.15, 0.2) is 11.5 Å². The van der Waals surface area contributed by atoms with E-state index in [1.54, 1.807) is 0 Å². The molecule has 1 aromatic carbocycles. The second kappa shape index (κ2) is 4.08. The van der Waals surface area contributed by atoms with Gasteiger partial charge in [0, 0.05) is 11.4 Å². The summed E-state index contributed by atoms with van der Waals surface area (Å²) in [5.41, 5.74) is 4.73. The number of benzene rings is 1. The number of aliphatic hydroxyl groups excluding tert-OH is 1. The highest BCUT2D eigenvalue weighted by molar-refractivity contribution is 7.99. The molecule has 0 radical (unpaired) electrons. The number of nitrogens with two attached hydrogens (primary N) is 1. The molecular formula is C9H11NO3S. The second-order valence-electron chi connectivity index (χ2n) is 2.82. The summed E-state index contributed by atoms with van der Waals surface area (Å²) in [6.07, 6.45) is 0. The molecule has 0 fully saturated rings. The third kappa shape index (κ3) is 1.95. The Morgan fingerprint density at radius 3 is 3.00 bits per heavy atom. The van der Waals surface area contributed by atoms with Crippen LogP contribution in [0.2, 0.25) is 0 Å². The lowest BCUT2D eigenvalue weighted by Gasteiger charge is -2.07. The van der Waals surface area contributed by atoms with Crippen LogP contribution in [0.15, 0.2) is 23.1 Å². The van der Waals surface area contributed by atoms with Crippen molar-refractivity contribution in [2.75, 3.05) is 13.3 Å². The van der Waals surface area contributed by atoms with Gasteiger partial charge in [-0.1, -0.05) is 11.8 Å². The topological polar surface area (TPSA) is 64.7 Å². The molecule has 1 unspecified atom stereocenters. The van der Waals surface area contributed by atoms with E-state index >= 15 is 0 Å². The van der Waals surface area contributed by atoms with Crippen molar-refractivity contribution < 1.29 is 14.6 Å². The third-order valence-corrected chi connectivity index (χ3v) is 2.81. The fourth-order valence-electron chi connectivity index (χ4n) is 1.16. The predicted octanol–water partition coefficient (Wildman–Crippen LogP) is 0.785. The standard InChI is InChI=1S/C9H11NO3S/c10-4-9(11)14-6-1-2-7-8(3-6)13-5-12-7/h1-3,9,11H,4-5,10H2. The molecule has 1 heterocycles. The Balaban J connectivity index is 2.12. The first-order chi connectivity index (χ1) is 6.79. The first-order valence-electron chi connectivity index (χ1n) is 4.24. The SMILES string of the molecule is NCC(O)Sc1ccc2c(c1)OCO2. The average Bonchev–Trinajstić information content (AvgIpc) is 2.64. The van der Waals surface area contributed by atoms with E-state index in [9.17, 15) is 5.11 Å². The van der Waals surface area contributed by atoms with Crippen molar-refractivity contribution in [1.29, 1.82) is 0 Å². The summed E-state index contributed by atoms with van der Waals surface area (Å²) in [6.45, 7) is 0.502. The van der Waals surface area contributed by atoms with Gasteiger partial charge in [0.05, 0.1) is 0 Å². The van der Waals surface area contributed by atoms with Crippen LogP contribution >= 0.6 is 11.8 Å². The van der Waals surface area contributed by atoms with Gasteiger partial charge in [0.1, 0.15) is 5.44 Å². The quantitative estimate of drug-likeness (QED) is 0.574. The van der Waals surface area contributed by atoms with Gasteiger partial charge in [-0.05, 0) is 18.2 Å². The van der Waals surface area contributed by atoms with Crippen LogP contribution in [0.3, 0.4) is 0 Å². The molecule has 4 nitrogen and oxygen atoms in total. The van der Waals surface area contributed by atoms with Crippen LogP contribution in [0.25, 0.3) is 0 Å². The zero-order valence-electron chi connectivity index (χ0n) is 7.47. The van der Waals surface area contributed by atoms with Crippen molar-refractivity contribution in [3.63, 3.8) is 0 Å². The lowest BCUT2D eigenvalue weighted by molar-refractivity contribution is 0.174. The summed E-state index contributed by atoms with van der Waals surface area (Å²) in [4.78, 5) is 0.923. The Morgan fingerprint density at radius 2 is 2.21 bits per heavy atom. The highest BCUT2D eigenvalue weighted by atomic mass is 32.2. The summed E-state index contributed by atoms with van der Waals surface area (Å²) in [5.74, 6) is 1.47. The molecule has 1 atom stereocenters. The van der Waals surface area contributed by atoms with Crippen molar-refractivity contribution in [2.45, 2.75) is 10.3 Å². The Kier molecular flexibility index (Phi) is 2.81. The largest absolute Gasteiger partial charge is 0.454 e. The molecule has 0 saturated carbocycles. The van der Waals surface area contributed by atoms with Crippen molar-refractivity contribution in [1.82, 2.24) is 0 Å². The number of hydrogen-bond donors (Lipinski definition) is 2. The normalized spacial score (nSPS) is 15.6. The molecule has 1 aliphatic heterocycles. The van der Waals surface area contributed by atoms with Crippen LogP contribution in [0, 0.1) is 0 Å². The molecule has 0 amide bonds. The number of hydrogen-bond acceptors (Lipinski definition) is 5. The Morgan fingerprint density at radius 1 is 1.43 bits per heavy atom. The van der Waals surface area contributed by atoms with Crippen molar-refractivity contribution in [3.05, 3.63) is 18.2 Å². The lowest BCUT2D eigenvalue weighted by Crippen LogP contribution is -2.15. The van der Waals surface area contributed by atoms with E-state index in [4.69, 9.17) is 15.2 Å². The molecular weight excluding hydrogens is 202 g/mol. The monoisotopic (exact) mass is 213 g/mol. The Hall–Kier alpha value is -0.910. The Labute approximate surface area is 86.0 Å². The van der Waals surface area contributed by atoms with Crippen LogP contribution in [-0.4, -0.2) is 23.9 Å². The lowest BCUT2D eigenvalue weighted by atomic mass is 10.3. The van der Waals surface area contributed by atoms with E-state index in [0.717, 1.165) is 16.4 Å². The maximum Gasteiger partial charge on any atom is 0.231 e. The van der Waals surface area contributed by atoms with Gasteiger partial charge in [-0.2, -0.15) is 0 Å². The second-order valence-corrected chi connectivity index (χ2v) is 4.07. The summed E-state index contributed by atoms with van der Waals surface area (Å²) < 4.78 is 10.4. The first kappa shape index (κ1) is 9.64. The van der Waals surface area contributed by atoms with Gasteiger partial charge in [-0.25, -0.2) is 0 Å². The van der Waals surface area contributed by atoms with Crippen LogP contribution in [0.5, 0.6) is 11.5 Å². The maximum atomic E-state index is 9.33. The van der Waals surface area contributed by atoms with Crippen LogP contribution in [-0.2, 0) is 0 Å². The molecule has 0 spiro atoms. The molecule has 3 N–H and O–H groups in total. The van der Waals surface area contributed by atoms with Crippen LogP contribution < -0.4 is 15.2 Å². The molecule has 76 valence electrons. The molecule has 0 aromatic heterocycles. The zero-order valence-corrected chi connectivity index (χ0v) is 8.29. The average molecular weight is 213 g/mol. The summed E-state index contributed by atoms with van der Waals surface area (Å²) in [5, 5.41) is 9.33. The van der Waals surface area contributed by atoms with E-state index in [1.807, 2.05) is 18.2 Å². The minimum absolute atomic E-state index is 0.235. The van der Waals surface area contributed by atoms with E-state index in [1.165, 1.54) is 11.8 Å². The van der Waals surface area contributed by atoms with Gasteiger partial charge in [-0.3, -0.25) is 0 Å². The highest BCUT2D eigenvalue weighted by Gasteiger charge is 2.14. The fourth-order valence-corrected chi connectivity index (χ4v) is 1.89. The minimum atomic E-state index is -0.574. The molecule has 1 aromatic rings. The maximum absolute atomic E-state index is 9.33. The van der Waals surface area contributed by atoms with Crippen LogP contribution in [0.4, 0.5) is 0 Å². The van der Waals surface area contributed by atoms with Crippen molar-refractivity contribution >= 4 is 11.8 Å². The Bertz CT molecular complexity index is 332. The number of fused-ring (bicyclic) bond motifs is 1. The van der Waals surface area contributed by atoms with Gasteiger partial charge < -0.3 is 20.3 Å². The number of ether oxygens (including phenoxy) is 2. The first-order valence-corrected chi connectivity index (χ1v) is 5.12. The zero-order chi connectivity index (χ0) is 9.97. The fraction of sp³-hybridized carbons (Fsp3) is 0.333. The minimum Gasteiger partial charge on any atom is -0.454 e. The van der Waals surface area contributed by atoms with Gasteiger partial charge in [-0.15, -0.1) is 0 Å². The smallest absolute Gasteiger partial charge is 0.231 e. The van der Waals surface area contributed by atoms with Gasteiger partial charge >= 0.3 is 0 Å². The number of rotatable bonds is 3. The molecule has 0 bridgehead atoms. The summed E-state index contributed by atoms with van der Waals surface area (Å²) in [6, 6.07) is 5.54. The molecule has 0 saturated heterocycles. The molecule has 5 heteroatoms. The van der Waals surface area contributed by atoms with Crippen molar-refractivity contribution in [2.24, 2.45) is 5.73 Å². The number of thioether (sulfide) groups is 1. The molecule has 2 rings (SSSR count). The van der Waals surface area contributed by atoms with Crippen LogP contribution in [0.1, 0.15) is 0 Å². The van der Waals surface area contributed by atoms with E-state index in [0.29, 0.717) is 0 Å². The summed E-state index contributed by atoms with van der Waals surface area (Å²) in [7, 11) is 0. The highest BCUT2D eigenvalue weighted by Crippen LogP contribution is 2.36. The van der Waals surface area contributed by atoms with E-state index in [2.05, 4.69) is 0 Å².